The molecule has 5 aromatic rings. The van der Waals surface area contributed by atoms with Crippen LogP contribution >= 0.6 is 11.6 Å². The zero-order valence-electron chi connectivity index (χ0n) is 33.3. The number of aromatic nitrogens is 2. The van der Waals surface area contributed by atoms with Gasteiger partial charge in [0.05, 0.1) is 22.7 Å². The molecule has 0 saturated carbocycles. The minimum Gasteiger partial charge on any atom is -0.488 e. The molecule has 4 amide bonds. The summed E-state index contributed by atoms with van der Waals surface area (Å²) in [6.07, 6.45) is 2.07. The Kier molecular flexibility index (Phi) is 11.5. The van der Waals surface area contributed by atoms with Crippen LogP contribution in [0.25, 0.3) is 22.0 Å². The van der Waals surface area contributed by atoms with E-state index in [0.717, 1.165) is 48.9 Å². The number of nitrogens with two attached hydrogens (primary N) is 1. The van der Waals surface area contributed by atoms with Crippen LogP contribution in [0.15, 0.2) is 66.7 Å². The molecule has 314 valence electrons. The standard InChI is InChI=1S/C44H46ClF2N7O6/c1-25-35-33(23-31(46)38(45)37(35)36-29(41(48)57)11-12-32(39(36)47)59-22-21-55)60-44(25,27-7-4-3-5-8-27)24-49-16-20-53-17-13-26(14-18-53)28-9-6-10-30-40(28)52(2)51-42(30)54-19-15-34(56)50-43(54)58/h3-12,23,25-26,49,55H,13-22,24H2,1-2H3,(H2,48,57)(H,50,56,58)/t25-,44-/m0/s1. The van der Waals surface area contributed by atoms with E-state index in [-0.39, 0.29) is 66.2 Å². The number of primary amides is 1. The number of carbonyl (C=O) groups is 3. The Labute approximate surface area is 350 Å². The number of urea groups is 1. The number of nitrogens with zero attached hydrogens (tertiary/aromatic N) is 4. The maximum Gasteiger partial charge on any atom is 0.329 e. The third-order valence-electron chi connectivity index (χ3n) is 12.1. The Morgan fingerprint density at radius 3 is 2.57 bits per heavy atom. The van der Waals surface area contributed by atoms with Crippen LogP contribution in [-0.4, -0.2) is 90.1 Å². The highest BCUT2D eigenvalue weighted by molar-refractivity contribution is 6.34. The Morgan fingerprint density at radius 1 is 1.08 bits per heavy atom. The molecular weight excluding hydrogens is 796 g/mol. The van der Waals surface area contributed by atoms with Gasteiger partial charge < -0.3 is 30.5 Å². The molecule has 3 aliphatic heterocycles. The maximum atomic E-state index is 16.4. The number of benzene rings is 4. The largest absolute Gasteiger partial charge is 0.488 e. The third-order valence-corrected chi connectivity index (χ3v) is 12.5. The summed E-state index contributed by atoms with van der Waals surface area (Å²) in [6, 6.07) is 18.9. The number of fused-ring (bicyclic) bond motifs is 2. The van der Waals surface area contributed by atoms with Gasteiger partial charge in [0.1, 0.15) is 18.2 Å². The Hall–Kier alpha value is -5.61. The lowest BCUT2D eigenvalue weighted by Crippen LogP contribution is -2.49. The number of anilines is 1. The quantitative estimate of drug-likeness (QED) is 0.105. The molecule has 2 fully saturated rings. The van der Waals surface area contributed by atoms with E-state index in [9.17, 15) is 19.5 Å². The van der Waals surface area contributed by atoms with Crippen molar-refractivity contribution in [1.29, 1.82) is 0 Å². The number of hydrogen-bond acceptors (Lipinski definition) is 9. The number of amides is 4. The molecule has 8 rings (SSSR count). The van der Waals surface area contributed by atoms with Gasteiger partial charge in [0.25, 0.3) is 0 Å². The molecule has 60 heavy (non-hydrogen) atoms. The molecule has 3 aliphatic rings. The van der Waals surface area contributed by atoms with Gasteiger partial charge in [0.2, 0.25) is 11.8 Å². The second-order valence-electron chi connectivity index (χ2n) is 15.5. The summed E-state index contributed by atoms with van der Waals surface area (Å²) >= 11 is 6.68. The molecule has 0 unspecified atom stereocenters. The summed E-state index contributed by atoms with van der Waals surface area (Å²) in [7, 11) is 1.88. The minimum absolute atomic E-state index is 0.0490. The van der Waals surface area contributed by atoms with Crippen molar-refractivity contribution < 1.29 is 37.7 Å². The first kappa shape index (κ1) is 41.1. The van der Waals surface area contributed by atoms with Gasteiger partial charge in [-0.2, -0.15) is 5.10 Å². The first-order chi connectivity index (χ1) is 28.9. The van der Waals surface area contributed by atoms with Crippen LogP contribution in [0.1, 0.15) is 65.1 Å². The third kappa shape index (κ3) is 7.33. The predicted molar refractivity (Wildman–Crippen MR) is 223 cm³/mol. The first-order valence-corrected chi connectivity index (χ1v) is 20.4. The van der Waals surface area contributed by atoms with Crippen molar-refractivity contribution in [2.24, 2.45) is 12.8 Å². The van der Waals surface area contributed by atoms with Crippen LogP contribution in [0.3, 0.4) is 0 Å². The van der Waals surface area contributed by atoms with Gasteiger partial charge in [-0.25, -0.2) is 13.6 Å². The number of piperidine rings is 1. The topological polar surface area (TPSA) is 164 Å². The molecule has 2 saturated heterocycles. The molecule has 0 aliphatic carbocycles. The van der Waals surface area contributed by atoms with Crippen molar-refractivity contribution in [3.05, 3.63) is 106 Å². The lowest BCUT2D eigenvalue weighted by atomic mass is 9.77. The fourth-order valence-electron chi connectivity index (χ4n) is 9.11. The molecule has 0 bridgehead atoms. The fourth-order valence-corrected chi connectivity index (χ4v) is 9.36. The number of likely N-dealkylation sites (tertiary alicyclic amines) is 1. The Bertz CT molecular complexity index is 2480. The van der Waals surface area contributed by atoms with Gasteiger partial charge >= 0.3 is 6.03 Å². The van der Waals surface area contributed by atoms with Gasteiger partial charge in [-0.3, -0.25) is 24.5 Å². The highest BCUT2D eigenvalue weighted by Crippen LogP contribution is 2.56. The molecule has 0 spiro atoms. The van der Waals surface area contributed by atoms with Gasteiger partial charge in [0.15, 0.2) is 23.0 Å². The van der Waals surface area contributed by atoms with Crippen LogP contribution < -0.4 is 30.7 Å². The number of para-hydroxylation sites is 1. The molecule has 2 atom stereocenters. The number of nitrogens with one attached hydrogen (secondary N) is 2. The van der Waals surface area contributed by atoms with Crippen molar-refractivity contribution >= 4 is 46.2 Å². The van der Waals surface area contributed by atoms with Gasteiger partial charge in [0, 0.05) is 73.7 Å². The molecule has 16 heteroatoms. The Morgan fingerprint density at radius 2 is 1.85 bits per heavy atom. The zero-order chi connectivity index (χ0) is 42.3. The monoisotopic (exact) mass is 841 g/mol. The number of aliphatic hydroxyl groups excluding tert-OH is 1. The minimum atomic E-state index is -1.08. The SMILES string of the molecule is C[C@H]1c2c(cc(F)c(Cl)c2-c2c(C(N)=O)ccc(OCCO)c2F)O[C@]1(CNCCN1CCC(c2cccc3c(N4CCC(=O)NC4=O)nn(C)c23)CC1)c1ccccc1. The normalized spacial score (nSPS) is 19.7. The number of hydrogen-bond donors (Lipinski definition) is 4. The summed E-state index contributed by atoms with van der Waals surface area (Å²) in [5.41, 5.74) is 7.47. The average Bonchev–Trinajstić information content (AvgIpc) is 3.73. The predicted octanol–water partition coefficient (Wildman–Crippen LogP) is 5.95. The van der Waals surface area contributed by atoms with E-state index in [0.29, 0.717) is 24.5 Å². The van der Waals surface area contributed by atoms with E-state index in [2.05, 4.69) is 21.6 Å². The lowest BCUT2D eigenvalue weighted by Gasteiger charge is -2.35. The molecule has 4 heterocycles. The number of rotatable bonds is 13. The summed E-state index contributed by atoms with van der Waals surface area (Å²) in [5, 5.41) is 20.5. The molecule has 5 N–H and O–H groups in total. The van der Waals surface area contributed by atoms with Gasteiger partial charge in [-0.05, 0) is 61.2 Å². The second kappa shape index (κ2) is 16.8. The van der Waals surface area contributed by atoms with E-state index < -0.39 is 40.1 Å². The second-order valence-corrected chi connectivity index (χ2v) is 15.9. The highest BCUT2D eigenvalue weighted by Gasteiger charge is 2.50. The smallest absolute Gasteiger partial charge is 0.329 e. The number of imide groups is 1. The summed E-state index contributed by atoms with van der Waals surface area (Å²) in [4.78, 5) is 41.1. The van der Waals surface area contributed by atoms with Crippen LogP contribution in [0, 0.1) is 11.6 Å². The van der Waals surface area contributed by atoms with Crippen molar-refractivity contribution in [3.8, 4) is 22.6 Å². The number of halogens is 3. The Balaban J connectivity index is 0.996. The van der Waals surface area contributed by atoms with Crippen molar-refractivity contribution in [2.75, 3.05) is 57.4 Å². The van der Waals surface area contributed by atoms with E-state index in [4.69, 9.17) is 31.9 Å². The fraction of sp³-hybridized carbons (Fsp3) is 0.364. The first-order valence-electron chi connectivity index (χ1n) is 20.1. The highest BCUT2D eigenvalue weighted by atomic mass is 35.5. The number of aliphatic hydroxyl groups is 1. The maximum absolute atomic E-state index is 16.4. The van der Waals surface area contributed by atoms with E-state index in [1.54, 1.807) is 0 Å². The van der Waals surface area contributed by atoms with E-state index in [1.807, 2.05) is 61.1 Å². The molecule has 13 nitrogen and oxygen atoms in total. The summed E-state index contributed by atoms with van der Waals surface area (Å²) in [6.45, 7) is 4.99. The summed E-state index contributed by atoms with van der Waals surface area (Å²) in [5.74, 6) is -2.85. The van der Waals surface area contributed by atoms with Crippen molar-refractivity contribution in [2.45, 2.75) is 43.6 Å². The van der Waals surface area contributed by atoms with E-state index in [1.165, 1.54) is 28.7 Å². The molecular formula is C44H46ClF2N7O6. The van der Waals surface area contributed by atoms with Gasteiger partial charge in [-0.15, -0.1) is 0 Å². The molecule has 1 aromatic heterocycles. The van der Waals surface area contributed by atoms with Crippen LogP contribution in [0.4, 0.5) is 19.4 Å². The number of aryl methyl sites for hydroxylation is 1. The van der Waals surface area contributed by atoms with Crippen LogP contribution in [-0.2, 0) is 17.4 Å². The lowest BCUT2D eigenvalue weighted by molar-refractivity contribution is -0.120. The summed E-state index contributed by atoms with van der Waals surface area (Å²) < 4.78 is 46.1. The van der Waals surface area contributed by atoms with Crippen molar-refractivity contribution in [1.82, 2.24) is 25.3 Å². The number of ether oxygens (including phenoxy) is 2. The van der Waals surface area contributed by atoms with Crippen LogP contribution in [0.2, 0.25) is 5.02 Å². The van der Waals surface area contributed by atoms with E-state index >= 15 is 8.78 Å². The average molecular weight is 842 g/mol. The molecule has 0 radical (unpaired) electrons. The molecule has 4 aromatic carbocycles. The van der Waals surface area contributed by atoms with Crippen molar-refractivity contribution in [3.63, 3.8) is 0 Å². The van der Waals surface area contributed by atoms with Gasteiger partial charge in [-0.1, -0.05) is 61.0 Å². The zero-order valence-corrected chi connectivity index (χ0v) is 34.0. The van der Waals surface area contributed by atoms with Crippen LogP contribution in [0.5, 0.6) is 11.5 Å². The number of carbonyl (C=O) groups excluding carboxylic acids is 3.